The molecule has 0 bridgehead atoms. The second-order valence-corrected chi connectivity index (χ2v) is 4.47. The van der Waals surface area contributed by atoms with Crippen LogP contribution in [0.4, 0.5) is 0 Å². The lowest BCUT2D eigenvalue weighted by Crippen LogP contribution is -1.99. The molecule has 1 aromatic carbocycles. The van der Waals surface area contributed by atoms with E-state index in [0.717, 1.165) is 17.0 Å². The fraction of sp³-hybridized carbons (Fsp3) is 0.154. The number of benzene rings is 1. The molecule has 0 saturated carbocycles. The molecule has 88 valence electrons. The van der Waals surface area contributed by atoms with E-state index in [1.807, 2.05) is 31.2 Å². The van der Waals surface area contributed by atoms with Gasteiger partial charge in [-0.15, -0.1) is 0 Å². The molecule has 0 aliphatic rings. The van der Waals surface area contributed by atoms with Crippen molar-refractivity contribution in [3.05, 3.63) is 57.8 Å². The number of rotatable bonds is 3. The van der Waals surface area contributed by atoms with Gasteiger partial charge in [0.15, 0.2) is 0 Å². The van der Waals surface area contributed by atoms with Crippen molar-refractivity contribution < 1.29 is 4.74 Å². The number of pyridine rings is 1. The SMILES string of the molecule is Cc1cc(Cl)ccc1OCc1cccc(Cl)n1. The van der Waals surface area contributed by atoms with Gasteiger partial charge in [0.1, 0.15) is 17.5 Å². The maximum Gasteiger partial charge on any atom is 0.130 e. The summed E-state index contributed by atoms with van der Waals surface area (Å²) in [6.45, 7) is 2.34. The van der Waals surface area contributed by atoms with E-state index in [1.54, 1.807) is 12.1 Å². The molecule has 0 spiro atoms. The molecule has 0 atom stereocenters. The first-order valence-corrected chi connectivity index (χ1v) is 5.91. The summed E-state index contributed by atoms with van der Waals surface area (Å²) in [6.07, 6.45) is 0. The first-order valence-electron chi connectivity index (χ1n) is 5.15. The lowest BCUT2D eigenvalue weighted by molar-refractivity contribution is 0.299. The Morgan fingerprint density at radius 2 is 2.00 bits per heavy atom. The molecule has 0 aliphatic heterocycles. The van der Waals surface area contributed by atoms with Gasteiger partial charge in [0, 0.05) is 5.02 Å². The molecule has 2 nitrogen and oxygen atoms in total. The maximum absolute atomic E-state index is 5.87. The fourth-order valence-electron chi connectivity index (χ4n) is 1.46. The highest BCUT2D eigenvalue weighted by Crippen LogP contribution is 2.22. The maximum atomic E-state index is 5.87. The van der Waals surface area contributed by atoms with Gasteiger partial charge in [-0.2, -0.15) is 0 Å². The van der Waals surface area contributed by atoms with Crippen LogP contribution in [0.5, 0.6) is 5.75 Å². The average molecular weight is 268 g/mol. The summed E-state index contributed by atoms with van der Waals surface area (Å²) < 4.78 is 5.65. The van der Waals surface area contributed by atoms with E-state index >= 15 is 0 Å². The largest absolute Gasteiger partial charge is 0.487 e. The monoisotopic (exact) mass is 267 g/mol. The van der Waals surface area contributed by atoms with Gasteiger partial charge in [0.2, 0.25) is 0 Å². The minimum Gasteiger partial charge on any atom is -0.487 e. The van der Waals surface area contributed by atoms with Gasteiger partial charge >= 0.3 is 0 Å². The molecule has 0 N–H and O–H groups in total. The molecule has 1 aromatic heterocycles. The van der Waals surface area contributed by atoms with Gasteiger partial charge in [-0.1, -0.05) is 29.3 Å². The number of aryl methyl sites for hydroxylation is 1. The fourth-order valence-corrected chi connectivity index (χ4v) is 1.87. The Hall–Kier alpha value is -1.25. The molecule has 0 saturated heterocycles. The molecule has 2 aromatic rings. The Bertz CT molecular complexity index is 529. The van der Waals surface area contributed by atoms with Crippen LogP contribution in [0.2, 0.25) is 10.2 Å². The Labute approximate surface area is 110 Å². The molecular weight excluding hydrogens is 257 g/mol. The van der Waals surface area contributed by atoms with Gasteiger partial charge in [-0.25, -0.2) is 4.98 Å². The summed E-state index contributed by atoms with van der Waals surface area (Å²) in [5, 5.41) is 1.18. The molecule has 2 rings (SSSR count). The van der Waals surface area contributed by atoms with Gasteiger partial charge in [0.25, 0.3) is 0 Å². The standard InChI is InChI=1S/C13H11Cl2NO/c1-9-7-10(14)5-6-12(9)17-8-11-3-2-4-13(15)16-11/h2-7H,8H2,1H3. The summed E-state index contributed by atoms with van der Waals surface area (Å²) in [5.74, 6) is 0.802. The summed E-state index contributed by atoms with van der Waals surface area (Å²) in [7, 11) is 0. The minimum atomic E-state index is 0.392. The second-order valence-electron chi connectivity index (χ2n) is 3.65. The van der Waals surface area contributed by atoms with Crippen molar-refractivity contribution in [1.29, 1.82) is 0 Å². The molecule has 0 unspecified atom stereocenters. The van der Waals surface area contributed by atoms with Crippen LogP contribution in [0, 0.1) is 6.92 Å². The number of halogens is 2. The van der Waals surface area contributed by atoms with E-state index in [-0.39, 0.29) is 0 Å². The molecule has 0 amide bonds. The van der Waals surface area contributed by atoms with Gasteiger partial charge in [-0.05, 0) is 42.8 Å². The smallest absolute Gasteiger partial charge is 0.130 e. The van der Waals surface area contributed by atoms with E-state index in [4.69, 9.17) is 27.9 Å². The normalized spacial score (nSPS) is 10.3. The molecule has 0 radical (unpaired) electrons. The number of nitrogens with zero attached hydrogens (tertiary/aromatic N) is 1. The molecule has 17 heavy (non-hydrogen) atoms. The highest BCUT2D eigenvalue weighted by Gasteiger charge is 2.02. The van der Waals surface area contributed by atoms with Crippen LogP contribution in [0.25, 0.3) is 0 Å². The van der Waals surface area contributed by atoms with E-state index < -0.39 is 0 Å². The Kier molecular flexibility index (Phi) is 3.87. The summed E-state index contributed by atoms with van der Waals surface area (Å²) >= 11 is 11.7. The lowest BCUT2D eigenvalue weighted by atomic mass is 10.2. The van der Waals surface area contributed by atoms with Crippen LogP contribution in [-0.4, -0.2) is 4.98 Å². The minimum absolute atomic E-state index is 0.392. The third-order valence-corrected chi connectivity index (χ3v) is 2.73. The zero-order valence-electron chi connectivity index (χ0n) is 9.28. The van der Waals surface area contributed by atoms with Crippen molar-refractivity contribution in [3.63, 3.8) is 0 Å². The van der Waals surface area contributed by atoms with Crippen molar-refractivity contribution in [3.8, 4) is 5.75 Å². The van der Waals surface area contributed by atoms with Crippen LogP contribution in [-0.2, 0) is 6.61 Å². The van der Waals surface area contributed by atoms with Crippen molar-refractivity contribution in [1.82, 2.24) is 4.98 Å². The van der Waals surface area contributed by atoms with Crippen LogP contribution >= 0.6 is 23.2 Å². The Morgan fingerprint density at radius 1 is 1.18 bits per heavy atom. The lowest BCUT2D eigenvalue weighted by Gasteiger charge is -2.08. The Balaban J connectivity index is 2.07. The number of hydrogen-bond acceptors (Lipinski definition) is 2. The van der Waals surface area contributed by atoms with E-state index in [0.29, 0.717) is 16.8 Å². The van der Waals surface area contributed by atoms with E-state index in [1.165, 1.54) is 0 Å². The molecular formula is C13H11Cl2NO. The molecule has 1 heterocycles. The van der Waals surface area contributed by atoms with Crippen molar-refractivity contribution in [2.45, 2.75) is 13.5 Å². The van der Waals surface area contributed by atoms with E-state index in [9.17, 15) is 0 Å². The van der Waals surface area contributed by atoms with Crippen LogP contribution in [0.1, 0.15) is 11.3 Å². The Morgan fingerprint density at radius 3 is 2.71 bits per heavy atom. The third kappa shape index (κ3) is 3.35. The van der Waals surface area contributed by atoms with Crippen LogP contribution < -0.4 is 4.74 Å². The summed E-state index contributed by atoms with van der Waals surface area (Å²) in [4.78, 5) is 4.15. The van der Waals surface area contributed by atoms with Crippen molar-refractivity contribution >= 4 is 23.2 Å². The van der Waals surface area contributed by atoms with Crippen LogP contribution in [0.15, 0.2) is 36.4 Å². The van der Waals surface area contributed by atoms with Crippen molar-refractivity contribution in [2.75, 3.05) is 0 Å². The highest BCUT2D eigenvalue weighted by atomic mass is 35.5. The zero-order valence-corrected chi connectivity index (χ0v) is 10.8. The second kappa shape index (κ2) is 5.39. The third-order valence-electron chi connectivity index (χ3n) is 2.29. The predicted octanol–water partition coefficient (Wildman–Crippen LogP) is 4.28. The first kappa shape index (κ1) is 12.2. The highest BCUT2D eigenvalue weighted by molar-refractivity contribution is 6.30. The summed E-state index contributed by atoms with van der Waals surface area (Å²) in [6, 6.07) is 11.0. The first-order chi connectivity index (χ1) is 8.15. The quantitative estimate of drug-likeness (QED) is 0.775. The zero-order chi connectivity index (χ0) is 12.3. The number of aromatic nitrogens is 1. The molecule has 0 fully saturated rings. The van der Waals surface area contributed by atoms with Gasteiger partial charge < -0.3 is 4.74 Å². The predicted molar refractivity (Wildman–Crippen MR) is 69.8 cm³/mol. The molecule has 4 heteroatoms. The van der Waals surface area contributed by atoms with Crippen LogP contribution in [0.3, 0.4) is 0 Å². The van der Waals surface area contributed by atoms with E-state index in [2.05, 4.69) is 4.98 Å². The number of ether oxygens (including phenoxy) is 1. The molecule has 0 aliphatic carbocycles. The van der Waals surface area contributed by atoms with Gasteiger partial charge in [-0.3, -0.25) is 0 Å². The van der Waals surface area contributed by atoms with Crippen molar-refractivity contribution in [2.24, 2.45) is 0 Å². The van der Waals surface area contributed by atoms with Gasteiger partial charge in [0.05, 0.1) is 5.69 Å². The average Bonchev–Trinajstić information content (AvgIpc) is 2.28. The summed E-state index contributed by atoms with van der Waals surface area (Å²) in [5.41, 5.74) is 1.80. The number of hydrogen-bond donors (Lipinski definition) is 0. The topological polar surface area (TPSA) is 22.1 Å².